The van der Waals surface area contributed by atoms with Crippen LogP contribution in [0.5, 0.6) is 0 Å². The summed E-state index contributed by atoms with van der Waals surface area (Å²) in [7, 11) is 0. The van der Waals surface area contributed by atoms with Gasteiger partial charge in [0.05, 0.1) is 0 Å². The van der Waals surface area contributed by atoms with Crippen LogP contribution in [0, 0.1) is 0 Å². The van der Waals surface area contributed by atoms with E-state index in [1.807, 2.05) is 0 Å². The molecule has 0 atom stereocenters. The first-order chi connectivity index (χ1) is 11.4. The van der Waals surface area contributed by atoms with Crippen LogP contribution < -0.4 is 4.57 Å². The highest BCUT2D eigenvalue weighted by Gasteiger charge is 1.98. The first-order valence-electron chi connectivity index (χ1n) is 10.3. The molecule has 1 aromatic rings. The molecule has 1 aromatic heterocycles. The van der Waals surface area contributed by atoms with Gasteiger partial charge in [-0.05, 0) is 25.3 Å². The summed E-state index contributed by atoms with van der Waals surface area (Å²) in [6.07, 6.45) is 24.3. The molecule has 1 heteroatoms. The van der Waals surface area contributed by atoms with Gasteiger partial charge in [0.15, 0.2) is 12.4 Å². The largest absolute Gasteiger partial charge is 0.205 e. The van der Waals surface area contributed by atoms with Crippen LogP contribution in [0.1, 0.15) is 103 Å². The molecule has 0 saturated carbocycles. The third-order valence-electron chi connectivity index (χ3n) is 4.89. The van der Waals surface area contributed by atoms with Gasteiger partial charge in [0.1, 0.15) is 6.54 Å². The molecule has 0 aromatic carbocycles. The van der Waals surface area contributed by atoms with Gasteiger partial charge in [-0.25, -0.2) is 4.57 Å². The van der Waals surface area contributed by atoms with Crippen LogP contribution in [-0.2, 0) is 13.0 Å². The molecule has 0 aliphatic carbocycles. The maximum Gasteiger partial charge on any atom is 0.169 e. The van der Waals surface area contributed by atoms with E-state index < -0.39 is 0 Å². The van der Waals surface area contributed by atoms with E-state index in [1.165, 1.54) is 95.5 Å². The van der Waals surface area contributed by atoms with Gasteiger partial charge in [-0.1, -0.05) is 84.0 Å². The minimum Gasteiger partial charge on any atom is -0.205 e. The van der Waals surface area contributed by atoms with Crippen molar-refractivity contribution in [1.82, 2.24) is 0 Å². The maximum absolute atomic E-state index is 2.29. The molecule has 0 fully saturated rings. The second-order valence-electron chi connectivity index (χ2n) is 7.03. The lowest BCUT2D eigenvalue weighted by Crippen LogP contribution is -2.30. The minimum absolute atomic E-state index is 1.07. The summed E-state index contributed by atoms with van der Waals surface area (Å²) in [5.74, 6) is 0. The Labute approximate surface area is 145 Å². The van der Waals surface area contributed by atoms with Gasteiger partial charge in [0.25, 0.3) is 0 Å². The third kappa shape index (κ3) is 11.3. The van der Waals surface area contributed by atoms with Crippen molar-refractivity contribution in [2.45, 2.75) is 110 Å². The number of aryl methyl sites for hydroxylation is 2. The Balaban J connectivity index is 1.82. The normalized spacial score (nSPS) is 11.0. The minimum atomic E-state index is 1.07. The molecule has 0 saturated heterocycles. The smallest absolute Gasteiger partial charge is 0.169 e. The van der Waals surface area contributed by atoms with Crippen molar-refractivity contribution in [3.8, 4) is 0 Å². The lowest BCUT2D eigenvalue weighted by atomic mass is 10.0. The van der Waals surface area contributed by atoms with Gasteiger partial charge in [-0.15, -0.1) is 0 Å². The molecule has 0 aliphatic rings. The number of pyridine rings is 1. The van der Waals surface area contributed by atoms with Crippen LogP contribution in [-0.4, -0.2) is 0 Å². The fourth-order valence-electron chi connectivity index (χ4n) is 3.21. The molecule has 23 heavy (non-hydrogen) atoms. The van der Waals surface area contributed by atoms with Crippen LogP contribution in [0.3, 0.4) is 0 Å². The summed E-state index contributed by atoms with van der Waals surface area (Å²) in [6.45, 7) is 5.55. The molecule has 0 N–H and O–H groups in total. The van der Waals surface area contributed by atoms with Crippen molar-refractivity contribution >= 4 is 0 Å². The molecule has 1 rings (SSSR count). The molecule has 132 valence electrons. The quantitative estimate of drug-likeness (QED) is 0.252. The van der Waals surface area contributed by atoms with E-state index in [4.69, 9.17) is 0 Å². The van der Waals surface area contributed by atoms with Gasteiger partial charge >= 0.3 is 0 Å². The van der Waals surface area contributed by atoms with Crippen molar-refractivity contribution in [3.05, 3.63) is 30.1 Å². The van der Waals surface area contributed by atoms with Crippen LogP contribution in [0.25, 0.3) is 0 Å². The zero-order valence-corrected chi connectivity index (χ0v) is 15.9. The Kier molecular flexibility index (Phi) is 12.9. The fraction of sp³-hybridized carbons (Fsp3) is 0.773. The molecular weight excluding hydrogens is 278 g/mol. The monoisotopic (exact) mass is 318 g/mol. The second kappa shape index (κ2) is 14.7. The SMILES string of the molecule is CCCCCCCCCCCCCCCc1cc[n+](CC)cc1. The van der Waals surface area contributed by atoms with Crippen LogP contribution in [0.2, 0.25) is 0 Å². The van der Waals surface area contributed by atoms with Crippen LogP contribution in [0.4, 0.5) is 0 Å². The van der Waals surface area contributed by atoms with E-state index in [2.05, 4.69) is 42.9 Å². The van der Waals surface area contributed by atoms with Gasteiger partial charge in [-0.3, -0.25) is 0 Å². The first kappa shape index (κ1) is 20.2. The Morgan fingerprint density at radius 2 is 1.04 bits per heavy atom. The number of hydrogen-bond acceptors (Lipinski definition) is 0. The fourth-order valence-corrected chi connectivity index (χ4v) is 3.21. The van der Waals surface area contributed by atoms with E-state index in [9.17, 15) is 0 Å². The summed E-state index contributed by atoms with van der Waals surface area (Å²) < 4.78 is 2.23. The number of aromatic nitrogens is 1. The van der Waals surface area contributed by atoms with E-state index >= 15 is 0 Å². The second-order valence-corrected chi connectivity index (χ2v) is 7.03. The van der Waals surface area contributed by atoms with E-state index in [0.29, 0.717) is 0 Å². The predicted octanol–water partition coefficient (Wildman–Crippen LogP) is 6.63. The van der Waals surface area contributed by atoms with Gasteiger partial charge in [0, 0.05) is 12.1 Å². The maximum atomic E-state index is 2.29. The molecule has 1 nitrogen and oxygen atoms in total. The van der Waals surface area contributed by atoms with Crippen molar-refractivity contribution in [2.24, 2.45) is 0 Å². The molecule has 0 spiro atoms. The number of nitrogens with zero attached hydrogens (tertiary/aromatic N) is 1. The van der Waals surface area contributed by atoms with Gasteiger partial charge < -0.3 is 0 Å². The average Bonchev–Trinajstić information content (AvgIpc) is 2.59. The molecular formula is C22H40N+. The lowest BCUT2D eigenvalue weighted by Gasteiger charge is -2.03. The first-order valence-corrected chi connectivity index (χ1v) is 10.3. The molecule has 0 unspecified atom stereocenters. The van der Waals surface area contributed by atoms with Crippen molar-refractivity contribution in [3.63, 3.8) is 0 Å². The number of hydrogen-bond donors (Lipinski definition) is 0. The van der Waals surface area contributed by atoms with Crippen molar-refractivity contribution < 1.29 is 4.57 Å². The molecule has 1 heterocycles. The van der Waals surface area contributed by atoms with Crippen molar-refractivity contribution in [2.75, 3.05) is 0 Å². The van der Waals surface area contributed by atoms with E-state index in [-0.39, 0.29) is 0 Å². The molecule has 0 amide bonds. The predicted molar refractivity (Wildman–Crippen MR) is 102 cm³/mol. The zero-order chi connectivity index (χ0) is 16.6. The third-order valence-corrected chi connectivity index (χ3v) is 4.89. The highest BCUT2D eigenvalue weighted by molar-refractivity contribution is 5.07. The van der Waals surface area contributed by atoms with Gasteiger partial charge in [0.2, 0.25) is 0 Å². The summed E-state index contributed by atoms with van der Waals surface area (Å²) >= 11 is 0. The molecule has 0 radical (unpaired) electrons. The van der Waals surface area contributed by atoms with Gasteiger partial charge in [-0.2, -0.15) is 0 Å². The Morgan fingerprint density at radius 1 is 0.609 bits per heavy atom. The average molecular weight is 319 g/mol. The van der Waals surface area contributed by atoms with Crippen LogP contribution in [0.15, 0.2) is 24.5 Å². The Hall–Kier alpha value is -0.850. The zero-order valence-electron chi connectivity index (χ0n) is 15.9. The number of rotatable bonds is 15. The molecule has 0 bridgehead atoms. The Bertz CT molecular complexity index is 355. The van der Waals surface area contributed by atoms with E-state index in [1.54, 1.807) is 0 Å². The molecule has 0 aliphatic heterocycles. The highest BCUT2D eigenvalue weighted by Crippen LogP contribution is 2.13. The van der Waals surface area contributed by atoms with Crippen LogP contribution >= 0.6 is 0 Å². The lowest BCUT2D eigenvalue weighted by molar-refractivity contribution is -0.693. The standard InChI is InChI=1S/C22H40N/c1-3-5-6-7-8-9-10-11-12-13-14-15-16-17-22-18-20-23(4-2)21-19-22/h18-21H,3-17H2,1-2H3/q+1. The van der Waals surface area contributed by atoms with E-state index in [0.717, 1.165) is 6.54 Å². The summed E-state index contributed by atoms with van der Waals surface area (Å²) in [6, 6.07) is 4.56. The topological polar surface area (TPSA) is 3.88 Å². The summed E-state index contributed by atoms with van der Waals surface area (Å²) in [5.41, 5.74) is 1.50. The highest BCUT2D eigenvalue weighted by atomic mass is 14.9. The summed E-state index contributed by atoms with van der Waals surface area (Å²) in [5, 5.41) is 0. The van der Waals surface area contributed by atoms with Crippen molar-refractivity contribution in [1.29, 1.82) is 0 Å². The summed E-state index contributed by atoms with van der Waals surface area (Å²) in [4.78, 5) is 0. The Morgan fingerprint density at radius 3 is 1.48 bits per heavy atom. The number of unbranched alkanes of at least 4 members (excludes halogenated alkanes) is 12.